The van der Waals surface area contributed by atoms with E-state index in [1.54, 1.807) is 0 Å². The zero-order valence-electron chi connectivity index (χ0n) is 11.1. The van der Waals surface area contributed by atoms with Gasteiger partial charge in [-0.3, -0.25) is 0 Å². The number of rotatable bonds is 4. The monoisotopic (exact) mass is 266 g/mol. The molecule has 0 bridgehead atoms. The lowest BCUT2D eigenvalue weighted by Gasteiger charge is -2.26. The van der Waals surface area contributed by atoms with E-state index in [2.05, 4.69) is 6.92 Å². The molecule has 1 fully saturated rings. The molecule has 2 atom stereocenters. The normalized spacial score (nSPS) is 23.3. The zero-order chi connectivity index (χ0) is 13.8. The van der Waals surface area contributed by atoms with Gasteiger partial charge < -0.3 is 9.84 Å². The summed E-state index contributed by atoms with van der Waals surface area (Å²) in [6.45, 7) is 2.42. The molecule has 2 rings (SSSR count). The number of aromatic carboxylic acids is 1. The molecule has 0 saturated heterocycles. The Morgan fingerprint density at radius 1 is 1.47 bits per heavy atom. The summed E-state index contributed by atoms with van der Waals surface area (Å²) < 4.78 is 19.4. The van der Waals surface area contributed by atoms with Crippen LogP contribution < -0.4 is 0 Å². The fourth-order valence-electron chi connectivity index (χ4n) is 2.53. The van der Waals surface area contributed by atoms with Crippen molar-refractivity contribution >= 4 is 5.97 Å². The first-order valence-electron chi connectivity index (χ1n) is 6.69. The minimum atomic E-state index is -1.12. The van der Waals surface area contributed by atoms with Gasteiger partial charge >= 0.3 is 5.97 Å². The van der Waals surface area contributed by atoms with E-state index in [1.807, 2.05) is 0 Å². The third kappa shape index (κ3) is 3.77. The molecule has 0 aliphatic heterocycles. The van der Waals surface area contributed by atoms with Gasteiger partial charge in [-0.2, -0.15) is 0 Å². The van der Waals surface area contributed by atoms with Gasteiger partial charge in [-0.1, -0.05) is 25.8 Å². The number of hydrogen-bond acceptors (Lipinski definition) is 2. The molecule has 1 N–H and O–H groups in total. The number of halogens is 1. The molecule has 1 aromatic carbocycles. The van der Waals surface area contributed by atoms with Gasteiger partial charge in [0.05, 0.1) is 18.3 Å². The largest absolute Gasteiger partial charge is 0.478 e. The van der Waals surface area contributed by atoms with Crippen LogP contribution in [0.25, 0.3) is 0 Å². The van der Waals surface area contributed by atoms with Crippen LogP contribution in [0.15, 0.2) is 18.2 Å². The summed E-state index contributed by atoms with van der Waals surface area (Å²) in [6, 6.07) is 3.95. The van der Waals surface area contributed by atoms with E-state index in [4.69, 9.17) is 9.84 Å². The van der Waals surface area contributed by atoms with Crippen molar-refractivity contribution in [3.63, 3.8) is 0 Å². The molecule has 0 aromatic heterocycles. The summed E-state index contributed by atoms with van der Waals surface area (Å²) in [6.07, 6.45) is 4.64. The highest BCUT2D eigenvalue weighted by molar-refractivity contribution is 5.87. The second kappa shape index (κ2) is 6.15. The maximum absolute atomic E-state index is 13.7. The van der Waals surface area contributed by atoms with Crippen molar-refractivity contribution in [3.8, 4) is 0 Å². The number of ether oxygens (including phenoxy) is 1. The molecule has 0 radical (unpaired) electrons. The van der Waals surface area contributed by atoms with Crippen LogP contribution >= 0.6 is 0 Å². The molecular formula is C15H19FO3. The van der Waals surface area contributed by atoms with Crippen molar-refractivity contribution in [1.29, 1.82) is 0 Å². The number of carboxylic acid groups (broad SMARTS) is 1. The second-order valence-corrected chi connectivity index (χ2v) is 5.32. The van der Waals surface area contributed by atoms with Crippen LogP contribution in [0.4, 0.5) is 4.39 Å². The predicted molar refractivity (Wildman–Crippen MR) is 69.6 cm³/mol. The van der Waals surface area contributed by atoms with Gasteiger partial charge in [0.1, 0.15) is 5.82 Å². The molecule has 0 amide bonds. The van der Waals surface area contributed by atoms with Crippen molar-refractivity contribution in [2.45, 2.75) is 45.3 Å². The summed E-state index contributed by atoms with van der Waals surface area (Å²) >= 11 is 0. The van der Waals surface area contributed by atoms with E-state index in [9.17, 15) is 9.18 Å². The molecular weight excluding hydrogens is 247 g/mol. The van der Waals surface area contributed by atoms with Gasteiger partial charge in [-0.25, -0.2) is 9.18 Å². The van der Waals surface area contributed by atoms with Crippen LogP contribution in [0.5, 0.6) is 0 Å². The highest BCUT2D eigenvalue weighted by Gasteiger charge is 2.19. The molecule has 0 heterocycles. The molecule has 1 saturated carbocycles. The number of carbonyl (C=O) groups is 1. The van der Waals surface area contributed by atoms with Crippen molar-refractivity contribution in [1.82, 2.24) is 0 Å². The fourth-order valence-corrected chi connectivity index (χ4v) is 2.53. The Morgan fingerprint density at radius 2 is 2.26 bits per heavy atom. The number of carboxylic acids is 1. The topological polar surface area (TPSA) is 46.5 Å². The maximum Gasteiger partial charge on any atom is 0.335 e. The first-order chi connectivity index (χ1) is 9.06. The standard InChI is InChI=1S/C15H19FO3/c1-10-3-2-4-13(7-10)19-9-12-6-5-11(15(17)18)8-14(12)16/h5-6,8,10,13H,2-4,7,9H2,1H3,(H,17,18). The van der Waals surface area contributed by atoms with Gasteiger partial charge in [0.25, 0.3) is 0 Å². The Kier molecular flexibility index (Phi) is 4.53. The Labute approximate surface area is 112 Å². The van der Waals surface area contributed by atoms with Crippen LogP contribution in [0.3, 0.4) is 0 Å². The maximum atomic E-state index is 13.7. The van der Waals surface area contributed by atoms with E-state index in [1.165, 1.54) is 18.6 Å². The predicted octanol–water partition coefficient (Wildman–Crippen LogP) is 3.62. The Morgan fingerprint density at radius 3 is 2.89 bits per heavy atom. The van der Waals surface area contributed by atoms with Crippen LogP contribution in [-0.2, 0) is 11.3 Å². The van der Waals surface area contributed by atoms with E-state index in [0.717, 1.165) is 25.3 Å². The molecule has 19 heavy (non-hydrogen) atoms. The van der Waals surface area contributed by atoms with Crippen molar-refractivity contribution in [2.24, 2.45) is 5.92 Å². The molecule has 104 valence electrons. The van der Waals surface area contributed by atoms with E-state index in [-0.39, 0.29) is 18.3 Å². The summed E-state index contributed by atoms with van der Waals surface area (Å²) in [5, 5.41) is 8.77. The van der Waals surface area contributed by atoms with Gasteiger partial charge in [-0.05, 0) is 30.9 Å². The quantitative estimate of drug-likeness (QED) is 0.905. The Hall–Kier alpha value is -1.42. The van der Waals surface area contributed by atoms with Crippen molar-refractivity contribution < 1.29 is 19.0 Å². The molecule has 3 nitrogen and oxygen atoms in total. The average Bonchev–Trinajstić information content (AvgIpc) is 2.37. The average molecular weight is 266 g/mol. The third-order valence-corrected chi connectivity index (χ3v) is 3.66. The summed E-state index contributed by atoms with van der Waals surface area (Å²) in [7, 11) is 0. The zero-order valence-corrected chi connectivity index (χ0v) is 11.1. The van der Waals surface area contributed by atoms with Crippen LogP contribution in [0.2, 0.25) is 0 Å². The molecule has 2 unspecified atom stereocenters. The highest BCUT2D eigenvalue weighted by atomic mass is 19.1. The van der Waals surface area contributed by atoms with Crippen molar-refractivity contribution in [3.05, 3.63) is 35.1 Å². The Bertz CT molecular complexity index is 459. The molecule has 4 heteroatoms. The third-order valence-electron chi connectivity index (χ3n) is 3.66. The molecule has 1 aliphatic carbocycles. The highest BCUT2D eigenvalue weighted by Crippen LogP contribution is 2.26. The van der Waals surface area contributed by atoms with E-state index < -0.39 is 11.8 Å². The van der Waals surface area contributed by atoms with E-state index >= 15 is 0 Å². The van der Waals surface area contributed by atoms with Gasteiger partial charge in [-0.15, -0.1) is 0 Å². The summed E-state index contributed by atoms with van der Waals surface area (Å²) in [5.41, 5.74) is 0.385. The second-order valence-electron chi connectivity index (χ2n) is 5.32. The van der Waals surface area contributed by atoms with Gasteiger partial charge in [0.15, 0.2) is 0 Å². The first kappa shape index (κ1) is 14.0. The van der Waals surface area contributed by atoms with Crippen LogP contribution in [-0.4, -0.2) is 17.2 Å². The van der Waals surface area contributed by atoms with Crippen molar-refractivity contribution in [2.75, 3.05) is 0 Å². The summed E-state index contributed by atoms with van der Waals surface area (Å²) in [4.78, 5) is 10.7. The van der Waals surface area contributed by atoms with E-state index in [0.29, 0.717) is 11.5 Å². The van der Waals surface area contributed by atoms with Gasteiger partial charge in [0.2, 0.25) is 0 Å². The minimum Gasteiger partial charge on any atom is -0.478 e. The molecule has 0 spiro atoms. The smallest absolute Gasteiger partial charge is 0.335 e. The SMILES string of the molecule is CC1CCCC(OCc2ccc(C(=O)O)cc2F)C1. The fraction of sp³-hybridized carbons (Fsp3) is 0.533. The summed E-state index contributed by atoms with van der Waals surface area (Å²) in [5.74, 6) is -0.964. The van der Waals surface area contributed by atoms with Crippen LogP contribution in [0, 0.1) is 11.7 Å². The lowest BCUT2D eigenvalue weighted by molar-refractivity contribution is 0.00350. The van der Waals surface area contributed by atoms with Crippen LogP contribution in [0.1, 0.15) is 48.5 Å². The first-order valence-corrected chi connectivity index (χ1v) is 6.69. The minimum absolute atomic E-state index is 0.0347. The van der Waals surface area contributed by atoms with Gasteiger partial charge in [0, 0.05) is 5.56 Å². The lowest BCUT2D eigenvalue weighted by atomic mass is 9.89. The number of hydrogen-bond donors (Lipinski definition) is 1. The Balaban J connectivity index is 1.94. The molecule has 1 aromatic rings. The molecule has 1 aliphatic rings. The lowest BCUT2D eigenvalue weighted by Crippen LogP contribution is -2.21. The number of benzene rings is 1.